The zero-order valence-corrected chi connectivity index (χ0v) is 19.5. The first kappa shape index (κ1) is 25.8. The molecule has 2 N–H and O–H groups in total. The Bertz CT molecular complexity index is 718. The van der Waals surface area contributed by atoms with Crippen molar-refractivity contribution in [3.05, 3.63) is 35.9 Å². The van der Waals surface area contributed by atoms with Crippen molar-refractivity contribution in [1.29, 1.82) is 0 Å². The molecule has 0 spiro atoms. The molecule has 1 fully saturated rings. The van der Waals surface area contributed by atoms with Gasteiger partial charge in [0.05, 0.1) is 24.4 Å². The van der Waals surface area contributed by atoms with E-state index in [9.17, 15) is 19.6 Å². The highest BCUT2D eigenvalue weighted by molar-refractivity contribution is 5.81. The molecule has 0 saturated heterocycles. The number of hydrogen-bond donors (Lipinski definition) is 2. The molecule has 1 aliphatic carbocycles. The number of carbonyl (C=O) groups is 3. The van der Waals surface area contributed by atoms with Gasteiger partial charge >= 0.3 is 5.97 Å². The molecule has 3 atom stereocenters. The van der Waals surface area contributed by atoms with Crippen LogP contribution in [0.1, 0.15) is 83.7 Å². The molecule has 0 heterocycles. The second kappa shape index (κ2) is 13.2. The van der Waals surface area contributed by atoms with Crippen LogP contribution in [0.4, 0.5) is 0 Å². The minimum Gasteiger partial charge on any atom is -0.462 e. The molecule has 1 saturated carbocycles. The summed E-state index contributed by atoms with van der Waals surface area (Å²) in [6.07, 6.45) is 6.00. The summed E-state index contributed by atoms with van der Waals surface area (Å²) in [4.78, 5) is 37.3. The lowest BCUT2D eigenvalue weighted by atomic mass is 9.86. The van der Waals surface area contributed by atoms with Crippen molar-refractivity contribution < 1.29 is 24.3 Å². The maximum atomic E-state index is 13.4. The quantitative estimate of drug-likeness (QED) is 0.203. The molecule has 7 heteroatoms. The number of rotatable bonds is 13. The van der Waals surface area contributed by atoms with Gasteiger partial charge in [0.15, 0.2) is 0 Å². The third kappa shape index (κ3) is 7.93. The van der Waals surface area contributed by atoms with Crippen LogP contribution in [0.15, 0.2) is 30.3 Å². The van der Waals surface area contributed by atoms with Crippen LogP contribution in [-0.2, 0) is 19.1 Å². The zero-order chi connectivity index (χ0) is 23.5. The first-order valence-corrected chi connectivity index (χ1v) is 11.8. The maximum absolute atomic E-state index is 13.4. The number of hydrogen-bond acceptors (Lipinski definition) is 5. The van der Waals surface area contributed by atoms with Gasteiger partial charge in [-0.1, -0.05) is 57.5 Å². The number of hydroxylamine groups is 2. The minimum atomic E-state index is -0.623. The number of esters is 1. The Balaban J connectivity index is 2.20. The van der Waals surface area contributed by atoms with Crippen LogP contribution in [0.3, 0.4) is 0 Å². The van der Waals surface area contributed by atoms with E-state index >= 15 is 0 Å². The van der Waals surface area contributed by atoms with Gasteiger partial charge in [-0.2, -0.15) is 0 Å². The molecule has 1 aromatic carbocycles. The molecule has 2 rings (SSSR count). The molecule has 32 heavy (non-hydrogen) atoms. The smallest absolute Gasteiger partial charge is 0.308 e. The van der Waals surface area contributed by atoms with E-state index in [0.717, 1.165) is 31.2 Å². The van der Waals surface area contributed by atoms with Crippen LogP contribution in [0.2, 0.25) is 0 Å². The second-order valence-electron chi connectivity index (χ2n) is 9.15. The number of nitrogens with one attached hydrogen (secondary N) is 1. The second-order valence-corrected chi connectivity index (χ2v) is 9.15. The van der Waals surface area contributed by atoms with E-state index in [4.69, 9.17) is 4.74 Å². The molecule has 0 radical (unpaired) electrons. The fourth-order valence-corrected chi connectivity index (χ4v) is 4.46. The van der Waals surface area contributed by atoms with E-state index in [1.165, 1.54) is 0 Å². The normalized spacial score (nSPS) is 16.9. The van der Waals surface area contributed by atoms with E-state index in [1.54, 1.807) is 0 Å². The molecular formula is C25H38N2O5. The summed E-state index contributed by atoms with van der Waals surface area (Å²) in [7, 11) is 0. The number of carbonyl (C=O) groups excluding carboxylic acids is 3. The van der Waals surface area contributed by atoms with Gasteiger partial charge in [0.25, 0.3) is 0 Å². The fraction of sp³-hybridized carbons (Fsp3) is 0.640. The van der Waals surface area contributed by atoms with Gasteiger partial charge in [-0.25, -0.2) is 5.06 Å². The lowest BCUT2D eigenvalue weighted by Gasteiger charge is -2.32. The standard InChI is InChI=1S/C25H38N2O5/c1-4-10-23(27(31)17-28)21(15-18(2)3)25(30)26-22(19-11-6-5-7-12-19)16-24(29)32-20-13-8-9-14-20/h5-7,11-12,17-18,20-23,31H,4,8-10,13-16H2,1-3H3,(H,26,30). The van der Waals surface area contributed by atoms with E-state index in [-0.39, 0.29) is 30.3 Å². The van der Waals surface area contributed by atoms with E-state index in [0.29, 0.717) is 30.7 Å². The SMILES string of the molecule is CCCC(C(CC(C)C)C(=O)NC(CC(=O)OC1CCCC1)c1ccccc1)N(O)C=O. The van der Waals surface area contributed by atoms with Crippen LogP contribution < -0.4 is 5.32 Å². The van der Waals surface area contributed by atoms with Crippen molar-refractivity contribution in [2.45, 2.75) is 90.3 Å². The number of nitrogens with zero attached hydrogens (tertiary/aromatic N) is 1. The van der Waals surface area contributed by atoms with Gasteiger partial charge in [0, 0.05) is 0 Å². The van der Waals surface area contributed by atoms with E-state index < -0.39 is 18.0 Å². The van der Waals surface area contributed by atoms with Crippen molar-refractivity contribution in [3.8, 4) is 0 Å². The third-order valence-electron chi connectivity index (χ3n) is 6.05. The highest BCUT2D eigenvalue weighted by Crippen LogP contribution is 2.26. The maximum Gasteiger partial charge on any atom is 0.308 e. The van der Waals surface area contributed by atoms with Crippen LogP contribution >= 0.6 is 0 Å². The molecule has 1 aromatic rings. The summed E-state index contributed by atoms with van der Waals surface area (Å²) in [5, 5.41) is 13.8. The summed E-state index contributed by atoms with van der Waals surface area (Å²) in [5.41, 5.74) is 0.816. The van der Waals surface area contributed by atoms with Gasteiger partial charge in [-0.3, -0.25) is 19.6 Å². The van der Waals surface area contributed by atoms with Gasteiger partial charge < -0.3 is 10.1 Å². The molecule has 0 aliphatic heterocycles. The summed E-state index contributed by atoms with van der Waals surface area (Å²) in [5.74, 6) is -1.01. The summed E-state index contributed by atoms with van der Waals surface area (Å²) in [6.45, 7) is 5.95. The van der Waals surface area contributed by atoms with Crippen LogP contribution in [0, 0.1) is 11.8 Å². The Kier molecular flexibility index (Phi) is 10.7. The molecular weight excluding hydrogens is 408 g/mol. The highest BCUT2D eigenvalue weighted by Gasteiger charge is 2.34. The van der Waals surface area contributed by atoms with Crippen LogP contribution in [0.5, 0.6) is 0 Å². The Morgan fingerprint density at radius 3 is 2.44 bits per heavy atom. The van der Waals surface area contributed by atoms with Crippen molar-refractivity contribution in [2.24, 2.45) is 11.8 Å². The first-order chi connectivity index (χ1) is 15.3. The first-order valence-electron chi connectivity index (χ1n) is 11.8. The minimum absolute atomic E-state index is 0.0345. The molecule has 2 amide bonds. The zero-order valence-electron chi connectivity index (χ0n) is 19.5. The van der Waals surface area contributed by atoms with E-state index in [2.05, 4.69) is 5.32 Å². The van der Waals surface area contributed by atoms with Crippen LogP contribution in [-0.4, -0.2) is 40.7 Å². The largest absolute Gasteiger partial charge is 0.462 e. The molecule has 178 valence electrons. The Morgan fingerprint density at radius 1 is 1.22 bits per heavy atom. The fourth-order valence-electron chi connectivity index (χ4n) is 4.46. The highest BCUT2D eigenvalue weighted by atomic mass is 16.5. The van der Waals surface area contributed by atoms with Gasteiger partial charge in [0.1, 0.15) is 6.10 Å². The van der Waals surface area contributed by atoms with Crippen LogP contribution in [0.25, 0.3) is 0 Å². The molecule has 1 aliphatic rings. The van der Waals surface area contributed by atoms with Crippen molar-refractivity contribution in [1.82, 2.24) is 10.4 Å². The van der Waals surface area contributed by atoms with Crippen molar-refractivity contribution in [3.63, 3.8) is 0 Å². The predicted octanol–water partition coefficient (Wildman–Crippen LogP) is 4.40. The lowest BCUT2D eigenvalue weighted by molar-refractivity contribution is -0.169. The van der Waals surface area contributed by atoms with Crippen molar-refractivity contribution >= 4 is 18.3 Å². The molecule has 3 unspecified atom stereocenters. The third-order valence-corrected chi connectivity index (χ3v) is 6.05. The van der Waals surface area contributed by atoms with E-state index in [1.807, 2.05) is 51.1 Å². The van der Waals surface area contributed by atoms with Gasteiger partial charge in [-0.15, -0.1) is 0 Å². The number of benzene rings is 1. The molecule has 0 bridgehead atoms. The molecule has 0 aromatic heterocycles. The van der Waals surface area contributed by atoms with Gasteiger partial charge in [-0.05, 0) is 50.0 Å². The Hall–Kier alpha value is -2.41. The summed E-state index contributed by atoms with van der Waals surface area (Å²) in [6, 6.07) is 8.19. The lowest BCUT2D eigenvalue weighted by Crippen LogP contribution is -2.47. The summed E-state index contributed by atoms with van der Waals surface area (Å²) >= 11 is 0. The Morgan fingerprint density at radius 2 is 1.88 bits per heavy atom. The van der Waals surface area contributed by atoms with Crippen molar-refractivity contribution in [2.75, 3.05) is 0 Å². The topological polar surface area (TPSA) is 95.9 Å². The average Bonchev–Trinajstić information content (AvgIpc) is 3.28. The Labute approximate surface area is 191 Å². The average molecular weight is 447 g/mol. The van der Waals surface area contributed by atoms with Gasteiger partial charge in [0.2, 0.25) is 12.3 Å². The number of ether oxygens (including phenoxy) is 1. The summed E-state index contributed by atoms with van der Waals surface area (Å²) < 4.78 is 5.63. The molecule has 7 nitrogen and oxygen atoms in total. The number of amides is 2. The predicted molar refractivity (Wildman–Crippen MR) is 122 cm³/mol. The monoisotopic (exact) mass is 446 g/mol.